The predicted octanol–water partition coefficient (Wildman–Crippen LogP) is 2.23. The first-order chi connectivity index (χ1) is 8.80. The zero-order chi connectivity index (χ0) is 14.2. The number of halogens is 3. The first kappa shape index (κ1) is 13.9. The van der Waals surface area contributed by atoms with E-state index in [1.54, 1.807) is 5.32 Å². The van der Waals surface area contributed by atoms with Crippen molar-refractivity contribution in [2.75, 3.05) is 5.32 Å². The van der Waals surface area contributed by atoms with E-state index in [4.69, 9.17) is 5.73 Å². The summed E-state index contributed by atoms with van der Waals surface area (Å²) in [4.78, 5) is 23.2. The molecule has 104 valence electrons. The molecule has 0 atom stereocenters. The second-order valence-electron chi connectivity index (χ2n) is 4.23. The van der Waals surface area contributed by atoms with Gasteiger partial charge in [0, 0.05) is 4.88 Å². The highest BCUT2D eigenvalue weighted by Gasteiger charge is 2.40. The number of nitrogens with two attached hydrogens (primary N) is 1. The van der Waals surface area contributed by atoms with Gasteiger partial charge in [0.15, 0.2) is 0 Å². The van der Waals surface area contributed by atoms with Crippen LogP contribution in [0, 0.1) is 0 Å². The van der Waals surface area contributed by atoms with Crippen molar-refractivity contribution in [2.24, 2.45) is 5.73 Å². The van der Waals surface area contributed by atoms with Crippen LogP contribution in [0.15, 0.2) is 0 Å². The van der Waals surface area contributed by atoms with Crippen molar-refractivity contribution < 1.29 is 22.8 Å². The molecule has 8 heteroatoms. The second kappa shape index (κ2) is 4.84. The normalized spacial score (nSPS) is 14.9. The van der Waals surface area contributed by atoms with Crippen molar-refractivity contribution in [3.8, 4) is 0 Å². The number of alkyl halides is 3. The summed E-state index contributed by atoms with van der Waals surface area (Å²) in [6.07, 6.45) is -1.91. The number of carbonyl (C=O) groups excluding carboxylic acids is 2. The first-order valence-electron chi connectivity index (χ1n) is 5.63. The highest BCUT2D eigenvalue weighted by atomic mass is 32.1. The third kappa shape index (κ3) is 2.73. The molecule has 2 amide bonds. The van der Waals surface area contributed by atoms with Gasteiger partial charge in [-0.15, -0.1) is 11.3 Å². The zero-order valence-corrected chi connectivity index (χ0v) is 10.6. The molecule has 0 spiro atoms. The fourth-order valence-corrected chi connectivity index (χ4v) is 3.38. The third-order valence-electron chi connectivity index (χ3n) is 2.90. The van der Waals surface area contributed by atoms with E-state index < -0.39 is 18.0 Å². The smallest absolute Gasteiger partial charge is 0.365 e. The average molecular weight is 292 g/mol. The van der Waals surface area contributed by atoms with Crippen LogP contribution >= 0.6 is 11.3 Å². The first-order valence-corrected chi connectivity index (χ1v) is 6.45. The lowest BCUT2D eigenvalue weighted by molar-refractivity contribution is -0.167. The molecule has 2 rings (SSSR count). The van der Waals surface area contributed by atoms with Gasteiger partial charge in [-0.2, -0.15) is 13.2 Å². The van der Waals surface area contributed by atoms with Crippen molar-refractivity contribution in [2.45, 2.75) is 31.9 Å². The molecule has 0 fully saturated rings. The van der Waals surface area contributed by atoms with Crippen LogP contribution < -0.4 is 11.1 Å². The molecule has 1 aromatic rings. The summed E-state index contributed by atoms with van der Waals surface area (Å²) in [5.74, 6) is -2.90. The van der Waals surface area contributed by atoms with E-state index in [0.717, 1.165) is 29.1 Å². The summed E-state index contributed by atoms with van der Waals surface area (Å²) >= 11 is 1.00. The van der Waals surface area contributed by atoms with E-state index in [1.807, 2.05) is 0 Å². The number of nitrogens with one attached hydrogen (secondary N) is 1. The number of hydrogen-bond acceptors (Lipinski definition) is 3. The number of aryl methyl sites for hydroxylation is 1. The van der Waals surface area contributed by atoms with Gasteiger partial charge < -0.3 is 11.1 Å². The number of carbonyl (C=O) groups is 2. The van der Waals surface area contributed by atoms with Crippen molar-refractivity contribution in [3.63, 3.8) is 0 Å². The molecule has 0 aliphatic heterocycles. The van der Waals surface area contributed by atoms with E-state index in [0.29, 0.717) is 18.4 Å². The minimum absolute atomic E-state index is 0.0253. The number of anilines is 1. The summed E-state index contributed by atoms with van der Waals surface area (Å²) in [7, 11) is 0. The molecule has 19 heavy (non-hydrogen) atoms. The van der Waals surface area contributed by atoms with Crippen molar-refractivity contribution in [1.29, 1.82) is 0 Å². The number of fused-ring (bicyclic) bond motifs is 1. The Morgan fingerprint density at radius 2 is 1.84 bits per heavy atom. The van der Waals surface area contributed by atoms with Crippen LogP contribution in [-0.2, 0) is 17.6 Å². The van der Waals surface area contributed by atoms with E-state index in [9.17, 15) is 22.8 Å². The molecule has 0 saturated carbocycles. The molecule has 1 heterocycles. The number of amides is 2. The Morgan fingerprint density at radius 3 is 2.42 bits per heavy atom. The Morgan fingerprint density at radius 1 is 1.21 bits per heavy atom. The Hall–Kier alpha value is -1.57. The van der Waals surface area contributed by atoms with Gasteiger partial charge in [0.2, 0.25) is 0 Å². The van der Waals surface area contributed by atoms with Gasteiger partial charge >= 0.3 is 12.1 Å². The Labute approximate surface area is 110 Å². The van der Waals surface area contributed by atoms with Crippen LogP contribution in [0.4, 0.5) is 18.2 Å². The van der Waals surface area contributed by atoms with Gasteiger partial charge in [-0.1, -0.05) is 0 Å². The Kier molecular flexibility index (Phi) is 3.53. The van der Waals surface area contributed by atoms with Crippen LogP contribution in [-0.4, -0.2) is 18.0 Å². The standard InChI is InChI=1S/C11H11F3N2O2S/c12-11(13,14)10(18)16-9-7(8(15)17)5-3-1-2-4-6(5)19-9/h1-4H2,(H2,15,17)(H,16,18). The van der Waals surface area contributed by atoms with E-state index >= 15 is 0 Å². The molecule has 0 aromatic carbocycles. The Balaban J connectivity index is 2.38. The van der Waals surface area contributed by atoms with E-state index in [2.05, 4.69) is 0 Å². The van der Waals surface area contributed by atoms with Crippen LogP contribution in [0.2, 0.25) is 0 Å². The number of hydrogen-bond donors (Lipinski definition) is 2. The molecular weight excluding hydrogens is 281 g/mol. The highest BCUT2D eigenvalue weighted by molar-refractivity contribution is 7.17. The fourth-order valence-electron chi connectivity index (χ4n) is 2.09. The largest absolute Gasteiger partial charge is 0.471 e. The van der Waals surface area contributed by atoms with Crippen LogP contribution in [0.25, 0.3) is 0 Å². The summed E-state index contributed by atoms with van der Waals surface area (Å²) < 4.78 is 36.7. The minimum atomic E-state index is -4.99. The maximum atomic E-state index is 12.2. The molecule has 0 saturated heterocycles. The lowest BCUT2D eigenvalue weighted by Gasteiger charge is -2.11. The molecule has 0 unspecified atom stereocenters. The highest BCUT2D eigenvalue weighted by Crippen LogP contribution is 2.38. The molecule has 3 N–H and O–H groups in total. The zero-order valence-electron chi connectivity index (χ0n) is 9.76. The van der Waals surface area contributed by atoms with Gasteiger partial charge in [0.05, 0.1) is 5.56 Å². The van der Waals surface area contributed by atoms with Gasteiger partial charge in [-0.25, -0.2) is 0 Å². The quantitative estimate of drug-likeness (QED) is 0.877. The van der Waals surface area contributed by atoms with E-state index in [1.165, 1.54) is 0 Å². The molecule has 1 aromatic heterocycles. The predicted molar refractivity (Wildman–Crippen MR) is 64.2 cm³/mol. The number of thiophene rings is 1. The van der Waals surface area contributed by atoms with Crippen molar-refractivity contribution in [1.82, 2.24) is 0 Å². The minimum Gasteiger partial charge on any atom is -0.365 e. The molecule has 1 aliphatic carbocycles. The summed E-state index contributed by atoms with van der Waals surface area (Å²) in [5.41, 5.74) is 5.91. The molecule has 4 nitrogen and oxygen atoms in total. The number of primary amides is 1. The van der Waals surface area contributed by atoms with Crippen molar-refractivity contribution >= 4 is 28.2 Å². The van der Waals surface area contributed by atoms with Gasteiger partial charge in [0.25, 0.3) is 5.91 Å². The summed E-state index contributed by atoms with van der Waals surface area (Å²) in [6.45, 7) is 0. The van der Waals surface area contributed by atoms with Gasteiger partial charge in [0.1, 0.15) is 5.00 Å². The molecular formula is C11H11F3N2O2S. The topological polar surface area (TPSA) is 72.2 Å². The van der Waals surface area contributed by atoms with Crippen molar-refractivity contribution in [3.05, 3.63) is 16.0 Å². The van der Waals surface area contributed by atoms with Gasteiger partial charge in [-0.05, 0) is 31.2 Å². The SMILES string of the molecule is NC(=O)c1c(NC(=O)C(F)(F)F)sc2c1CCCC2. The lowest BCUT2D eigenvalue weighted by atomic mass is 9.95. The molecule has 0 bridgehead atoms. The Bertz CT molecular complexity index is 537. The fraction of sp³-hybridized carbons (Fsp3) is 0.455. The van der Waals surface area contributed by atoms with E-state index in [-0.39, 0.29) is 10.6 Å². The van der Waals surface area contributed by atoms with Gasteiger partial charge in [-0.3, -0.25) is 9.59 Å². The summed E-state index contributed by atoms with van der Waals surface area (Å²) in [5, 5.41) is 1.65. The third-order valence-corrected chi connectivity index (χ3v) is 4.11. The van der Waals surface area contributed by atoms with Crippen LogP contribution in [0.1, 0.15) is 33.6 Å². The monoisotopic (exact) mass is 292 g/mol. The maximum Gasteiger partial charge on any atom is 0.471 e. The summed E-state index contributed by atoms with van der Waals surface area (Å²) in [6, 6.07) is 0. The molecule has 0 radical (unpaired) electrons. The lowest BCUT2D eigenvalue weighted by Crippen LogP contribution is -2.30. The second-order valence-corrected chi connectivity index (χ2v) is 5.34. The van der Waals surface area contributed by atoms with Crippen LogP contribution in [0.3, 0.4) is 0 Å². The molecule has 1 aliphatic rings. The maximum absolute atomic E-state index is 12.2. The van der Waals surface area contributed by atoms with Crippen LogP contribution in [0.5, 0.6) is 0 Å². The number of rotatable bonds is 2. The average Bonchev–Trinajstić information content (AvgIpc) is 2.65.